The molecule has 3 heteroatoms. The van der Waals surface area contributed by atoms with E-state index >= 15 is 0 Å². The van der Waals surface area contributed by atoms with E-state index in [1.807, 2.05) is 0 Å². The molecule has 0 bridgehead atoms. The third kappa shape index (κ3) is 5.80. The zero-order chi connectivity index (χ0) is 10.2. The second-order valence-electron chi connectivity index (χ2n) is 3.69. The van der Waals surface area contributed by atoms with Crippen molar-refractivity contribution in [3.63, 3.8) is 0 Å². The summed E-state index contributed by atoms with van der Waals surface area (Å²) < 4.78 is 0. The van der Waals surface area contributed by atoms with Crippen LogP contribution in [0.5, 0.6) is 0 Å². The van der Waals surface area contributed by atoms with Crippen molar-refractivity contribution in [2.24, 2.45) is 5.41 Å². The van der Waals surface area contributed by atoms with Crippen LogP contribution in [0.4, 0.5) is 0 Å². The van der Waals surface area contributed by atoms with Crippen LogP contribution < -0.4 is 0 Å². The Bertz CT molecular complexity index is 125. The molecular weight excluding hydrogens is 168 g/mol. The molecule has 0 heterocycles. The van der Waals surface area contributed by atoms with E-state index in [4.69, 9.17) is 15.3 Å². The van der Waals surface area contributed by atoms with Crippen molar-refractivity contribution in [3.8, 4) is 0 Å². The molecule has 1 aliphatic rings. The quantitative estimate of drug-likeness (QED) is 0.571. The Morgan fingerprint density at radius 1 is 1.00 bits per heavy atom. The third-order valence-corrected chi connectivity index (χ3v) is 2.05. The summed E-state index contributed by atoms with van der Waals surface area (Å²) in [5.74, 6) is 0. The van der Waals surface area contributed by atoms with Gasteiger partial charge in [0.05, 0.1) is 19.8 Å². The normalized spacial score (nSPS) is 15.4. The Morgan fingerprint density at radius 2 is 1.38 bits per heavy atom. The predicted molar refractivity (Wildman–Crippen MR) is 52.4 cm³/mol. The van der Waals surface area contributed by atoms with Gasteiger partial charge in [-0.05, 0) is 19.3 Å². The molecule has 0 aromatic carbocycles. The molecule has 0 atom stereocenters. The summed E-state index contributed by atoms with van der Waals surface area (Å²) in [6.07, 6.45) is 8.50. The first-order valence-electron chi connectivity index (χ1n) is 4.66. The molecule has 1 aliphatic carbocycles. The van der Waals surface area contributed by atoms with Crippen molar-refractivity contribution in [1.82, 2.24) is 0 Å². The average molecular weight is 188 g/mol. The zero-order valence-corrected chi connectivity index (χ0v) is 8.24. The molecule has 0 unspecified atom stereocenters. The molecule has 3 N–H and O–H groups in total. The van der Waals surface area contributed by atoms with Crippen LogP contribution >= 0.6 is 0 Å². The molecule has 0 amide bonds. The average Bonchev–Trinajstić information content (AvgIpc) is 2.75. The molecular formula is C10H20O3. The fraction of sp³-hybridized carbons (Fsp3) is 0.800. The Kier molecular flexibility index (Phi) is 6.86. The molecule has 1 rings (SSSR count). The maximum atomic E-state index is 8.47. The minimum Gasteiger partial charge on any atom is -0.396 e. The van der Waals surface area contributed by atoms with Crippen LogP contribution in [0.15, 0.2) is 12.2 Å². The van der Waals surface area contributed by atoms with E-state index in [0.29, 0.717) is 0 Å². The summed E-state index contributed by atoms with van der Waals surface area (Å²) in [4.78, 5) is 0. The van der Waals surface area contributed by atoms with Crippen molar-refractivity contribution >= 4 is 0 Å². The second-order valence-corrected chi connectivity index (χ2v) is 3.69. The molecule has 0 aromatic rings. The van der Waals surface area contributed by atoms with Crippen molar-refractivity contribution in [2.45, 2.75) is 26.2 Å². The molecule has 3 nitrogen and oxygen atoms in total. The van der Waals surface area contributed by atoms with E-state index in [-0.39, 0.29) is 19.8 Å². The number of hydrogen-bond acceptors (Lipinski definition) is 3. The van der Waals surface area contributed by atoms with Gasteiger partial charge >= 0.3 is 0 Å². The Hall–Kier alpha value is -0.380. The van der Waals surface area contributed by atoms with Crippen molar-refractivity contribution in [2.75, 3.05) is 19.8 Å². The Balaban J connectivity index is 0.000000243. The van der Waals surface area contributed by atoms with E-state index in [2.05, 4.69) is 12.2 Å². The minimum absolute atomic E-state index is 0.181. The molecule has 0 fully saturated rings. The van der Waals surface area contributed by atoms with Crippen LogP contribution in [-0.2, 0) is 0 Å². The van der Waals surface area contributed by atoms with Gasteiger partial charge in [-0.2, -0.15) is 0 Å². The minimum atomic E-state index is -0.708. The van der Waals surface area contributed by atoms with Crippen LogP contribution in [0.1, 0.15) is 26.2 Å². The highest BCUT2D eigenvalue weighted by molar-refractivity contribution is 4.88. The van der Waals surface area contributed by atoms with Gasteiger partial charge in [-0.1, -0.05) is 19.1 Å². The van der Waals surface area contributed by atoms with Gasteiger partial charge in [-0.25, -0.2) is 0 Å². The maximum absolute atomic E-state index is 8.47. The lowest BCUT2D eigenvalue weighted by atomic mass is 9.95. The SMILES string of the molecule is C1=CCCC1.CC(CO)(CO)CO. The fourth-order valence-electron chi connectivity index (χ4n) is 0.739. The first-order chi connectivity index (χ1) is 6.18. The topological polar surface area (TPSA) is 60.7 Å². The van der Waals surface area contributed by atoms with Gasteiger partial charge in [0, 0.05) is 5.41 Å². The van der Waals surface area contributed by atoms with Crippen LogP contribution in [0.2, 0.25) is 0 Å². The second kappa shape index (κ2) is 7.06. The van der Waals surface area contributed by atoms with Crippen LogP contribution in [0, 0.1) is 5.41 Å². The van der Waals surface area contributed by atoms with Gasteiger partial charge in [0.15, 0.2) is 0 Å². The van der Waals surface area contributed by atoms with Gasteiger partial charge in [-0.3, -0.25) is 0 Å². The maximum Gasteiger partial charge on any atom is 0.0528 e. The summed E-state index contributed by atoms with van der Waals surface area (Å²) in [5, 5.41) is 25.4. The molecule has 0 saturated heterocycles. The number of hydrogen-bond donors (Lipinski definition) is 3. The summed E-state index contributed by atoms with van der Waals surface area (Å²) in [5.41, 5.74) is -0.708. The number of allylic oxidation sites excluding steroid dienone is 2. The molecule has 0 aromatic heterocycles. The first-order valence-corrected chi connectivity index (χ1v) is 4.66. The van der Waals surface area contributed by atoms with Crippen molar-refractivity contribution < 1.29 is 15.3 Å². The zero-order valence-electron chi connectivity index (χ0n) is 8.24. The third-order valence-electron chi connectivity index (χ3n) is 2.05. The first kappa shape index (κ1) is 12.6. The van der Waals surface area contributed by atoms with Gasteiger partial charge in [0.25, 0.3) is 0 Å². The van der Waals surface area contributed by atoms with E-state index in [0.717, 1.165) is 0 Å². The predicted octanol–water partition coefficient (Wildman–Crippen LogP) is 0.696. The van der Waals surface area contributed by atoms with Crippen LogP contribution in [0.25, 0.3) is 0 Å². The molecule has 0 saturated carbocycles. The summed E-state index contributed by atoms with van der Waals surface area (Å²) in [6, 6.07) is 0. The van der Waals surface area contributed by atoms with Gasteiger partial charge < -0.3 is 15.3 Å². The van der Waals surface area contributed by atoms with Crippen LogP contribution in [-0.4, -0.2) is 35.1 Å². The molecule has 13 heavy (non-hydrogen) atoms. The van der Waals surface area contributed by atoms with E-state index < -0.39 is 5.41 Å². The standard InChI is InChI=1S/C5H12O3.C5H8/c1-5(2-6,3-7)4-8;1-2-4-5-3-1/h6-8H,2-4H2,1H3;1-2H,3-5H2. The number of aliphatic hydroxyl groups excluding tert-OH is 3. The fourth-order valence-corrected chi connectivity index (χ4v) is 0.739. The summed E-state index contributed by atoms with van der Waals surface area (Å²) in [6.45, 7) is 1.06. The highest BCUT2D eigenvalue weighted by Gasteiger charge is 2.20. The summed E-state index contributed by atoms with van der Waals surface area (Å²) >= 11 is 0. The number of rotatable bonds is 3. The Labute approximate surface area is 79.7 Å². The van der Waals surface area contributed by atoms with Gasteiger partial charge in [-0.15, -0.1) is 0 Å². The lowest BCUT2D eigenvalue weighted by molar-refractivity contribution is 0.0200. The Morgan fingerprint density at radius 3 is 1.46 bits per heavy atom. The van der Waals surface area contributed by atoms with Crippen LogP contribution in [0.3, 0.4) is 0 Å². The molecule has 0 spiro atoms. The summed E-state index contributed by atoms with van der Waals surface area (Å²) in [7, 11) is 0. The monoisotopic (exact) mass is 188 g/mol. The van der Waals surface area contributed by atoms with E-state index in [1.54, 1.807) is 6.92 Å². The van der Waals surface area contributed by atoms with Gasteiger partial charge in [0.2, 0.25) is 0 Å². The highest BCUT2D eigenvalue weighted by Crippen LogP contribution is 2.10. The van der Waals surface area contributed by atoms with Crippen molar-refractivity contribution in [3.05, 3.63) is 12.2 Å². The molecule has 0 aliphatic heterocycles. The van der Waals surface area contributed by atoms with Crippen molar-refractivity contribution in [1.29, 1.82) is 0 Å². The van der Waals surface area contributed by atoms with E-state index in [1.165, 1.54) is 19.3 Å². The van der Waals surface area contributed by atoms with E-state index in [9.17, 15) is 0 Å². The lowest BCUT2D eigenvalue weighted by Gasteiger charge is -2.20. The highest BCUT2D eigenvalue weighted by atomic mass is 16.3. The largest absolute Gasteiger partial charge is 0.396 e. The molecule has 0 radical (unpaired) electrons. The molecule has 78 valence electrons. The smallest absolute Gasteiger partial charge is 0.0528 e. The number of aliphatic hydroxyl groups is 3. The van der Waals surface area contributed by atoms with Gasteiger partial charge in [0.1, 0.15) is 0 Å². The lowest BCUT2D eigenvalue weighted by Crippen LogP contribution is -2.29.